The molecular weight excluding hydrogens is 330 g/mol. The fourth-order valence-electron chi connectivity index (χ4n) is 2.22. The summed E-state index contributed by atoms with van der Waals surface area (Å²) < 4.78 is 31.6. The molecule has 2 heterocycles. The summed E-state index contributed by atoms with van der Waals surface area (Å²) in [7, 11) is -1.94. The van der Waals surface area contributed by atoms with E-state index in [9.17, 15) is 8.42 Å². The number of nitrogens with one attached hydrogen (secondary N) is 1. The summed E-state index contributed by atoms with van der Waals surface area (Å²) in [4.78, 5) is 0. The van der Waals surface area contributed by atoms with Crippen LogP contribution >= 0.6 is 23.3 Å². The zero-order chi connectivity index (χ0) is 15.5. The van der Waals surface area contributed by atoms with Gasteiger partial charge in [-0.05, 0) is 36.5 Å². The molecule has 0 amide bonds. The number of fused-ring (bicyclic) bond motifs is 1. The van der Waals surface area contributed by atoms with Gasteiger partial charge in [-0.1, -0.05) is 6.92 Å². The summed E-state index contributed by atoms with van der Waals surface area (Å²) in [5.41, 5.74) is 1.04. The molecule has 0 radical (unpaired) electrons. The third-order valence-electron chi connectivity index (χ3n) is 3.16. The summed E-state index contributed by atoms with van der Waals surface area (Å²) in [6.07, 6.45) is 0.950. The Labute approximate surface area is 134 Å². The number of ether oxygens (including phenoxy) is 1. The zero-order valence-corrected chi connectivity index (χ0v) is 14.6. The maximum absolute atomic E-state index is 11.5. The summed E-state index contributed by atoms with van der Waals surface area (Å²) >= 11 is 2.86. The van der Waals surface area contributed by atoms with Crippen LogP contribution in [-0.2, 0) is 14.8 Å². The van der Waals surface area contributed by atoms with Gasteiger partial charge in [0.25, 0.3) is 0 Å². The average molecular weight is 352 g/mol. The number of likely N-dealkylation sites (N-methyl/N-ethyl adjacent to an activating group) is 1. The molecule has 0 fully saturated rings. The van der Waals surface area contributed by atoms with E-state index in [1.165, 1.54) is 11.3 Å². The van der Waals surface area contributed by atoms with E-state index in [4.69, 9.17) is 9.88 Å². The molecular formula is C12H21N3O3S3. The first kappa shape index (κ1) is 17.2. The van der Waals surface area contributed by atoms with Gasteiger partial charge in [-0.3, -0.25) is 0 Å². The Morgan fingerprint density at radius 1 is 1.57 bits per heavy atom. The number of nitrogens with two attached hydrogens (primary N) is 1. The van der Waals surface area contributed by atoms with E-state index in [0.717, 1.165) is 42.4 Å². The molecule has 1 aromatic heterocycles. The van der Waals surface area contributed by atoms with Crippen LogP contribution in [0.2, 0.25) is 0 Å². The van der Waals surface area contributed by atoms with Gasteiger partial charge in [-0.25, -0.2) is 17.9 Å². The lowest BCUT2D eigenvalue weighted by Crippen LogP contribution is -2.35. The first-order chi connectivity index (χ1) is 9.95. The normalized spacial score (nSPS) is 19.7. The maximum atomic E-state index is 11.5. The van der Waals surface area contributed by atoms with Gasteiger partial charge in [-0.2, -0.15) is 0 Å². The summed E-state index contributed by atoms with van der Waals surface area (Å²) in [6.45, 7) is 5.35. The second-order valence-corrected chi connectivity index (χ2v) is 9.00. The highest BCUT2D eigenvalue weighted by Gasteiger charge is 2.29. The first-order valence-electron chi connectivity index (χ1n) is 6.77. The lowest BCUT2D eigenvalue weighted by molar-refractivity contribution is 0.187. The van der Waals surface area contributed by atoms with E-state index >= 15 is 0 Å². The number of nitrogens with zero attached hydrogens (tertiary/aromatic N) is 1. The van der Waals surface area contributed by atoms with E-state index in [0.29, 0.717) is 0 Å². The second kappa shape index (κ2) is 7.40. The Hall–Kier alpha value is -0.160. The van der Waals surface area contributed by atoms with Crippen molar-refractivity contribution in [1.29, 1.82) is 0 Å². The molecule has 3 N–H and O–H groups in total. The molecule has 1 aliphatic rings. The van der Waals surface area contributed by atoms with E-state index in [2.05, 4.69) is 9.62 Å². The SMILES string of the molecule is CCNC1CN(CCCOC)Sc2sc(S(N)(=O)=O)cc21. The smallest absolute Gasteiger partial charge is 0.247 e. The van der Waals surface area contributed by atoms with Crippen LogP contribution in [-0.4, -0.2) is 46.1 Å². The number of thiophene rings is 1. The van der Waals surface area contributed by atoms with Gasteiger partial charge in [0, 0.05) is 32.8 Å². The van der Waals surface area contributed by atoms with E-state index in [1.54, 1.807) is 25.1 Å². The van der Waals surface area contributed by atoms with Gasteiger partial charge in [0.15, 0.2) is 0 Å². The van der Waals surface area contributed by atoms with E-state index in [-0.39, 0.29) is 10.3 Å². The Morgan fingerprint density at radius 3 is 2.95 bits per heavy atom. The molecule has 2 rings (SSSR count). The molecule has 21 heavy (non-hydrogen) atoms. The predicted molar refractivity (Wildman–Crippen MR) is 86.0 cm³/mol. The Balaban J connectivity index is 2.19. The topological polar surface area (TPSA) is 84.7 Å². The quantitative estimate of drug-likeness (QED) is 0.571. The van der Waals surface area contributed by atoms with Crippen molar-refractivity contribution in [3.63, 3.8) is 0 Å². The monoisotopic (exact) mass is 351 g/mol. The second-order valence-electron chi connectivity index (χ2n) is 4.79. The summed E-state index contributed by atoms with van der Waals surface area (Å²) in [5, 5.41) is 8.65. The van der Waals surface area contributed by atoms with E-state index in [1.807, 2.05) is 6.92 Å². The molecule has 1 atom stereocenters. The Morgan fingerprint density at radius 2 is 2.33 bits per heavy atom. The van der Waals surface area contributed by atoms with Crippen LogP contribution in [0.4, 0.5) is 0 Å². The first-order valence-corrected chi connectivity index (χ1v) is 9.91. The van der Waals surface area contributed by atoms with Crippen molar-refractivity contribution in [1.82, 2.24) is 9.62 Å². The van der Waals surface area contributed by atoms with E-state index < -0.39 is 10.0 Å². The maximum Gasteiger partial charge on any atom is 0.247 e. The van der Waals surface area contributed by atoms with Crippen LogP contribution < -0.4 is 10.5 Å². The zero-order valence-electron chi connectivity index (χ0n) is 12.2. The minimum atomic E-state index is -3.63. The van der Waals surface area contributed by atoms with Crippen molar-refractivity contribution in [2.45, 2.75) is 27.8 Å². The predicted octanol–water partition coefficient (Wildman–Crippen LogP) is 1.41. The Bertz CT molecular complexity index is 574. The number of hydrogen-bond acceptors (Lipinski definition) is 7. The van der Waals surface area contributed by atoms with Gasteiger partial charge in [0.05, 0.1) is 4.21 Å². The highest BCUT2D eigenvalue weighted by atomic mass is 32.3. The molecule has 0 bridgehead atoms. The van der Waals surface area contributed by atoms with Crippen molar-refractivity contribution < 1.29 is 13.2 Å². The fraction of sp³-hybridized carbons (Fsp3) is 0.667. The molecule has 1 aliphatic heterocycles. The number of hydrogen-bond donors (Lipinski definition) is 2. The van der Waals surface area contributed by atoms with Crippen molar-refractivity contribution in [3.05, 3.63) is 11.6 Å². The van der Waals surface area contributed by atoms with Gasteiger partial charge >= 0.3 is 0 Å². The van der Waals surface area contributed by atoms with Gasteiger partial charge < -0.3 is 10.1 Å². The molecule has 120 valence electrons. The molecule has 9 heteroatoms. The molecule has 6 nitrogen and oxygen atoms in total. The van der Waals surface area contributed by atoms with Crippen LogP contribution in [0.1, 0.15) is 24.9 Å². The van der Waals surface area contributed by atoms with Crippen LogP contribution in [0.3, 0.4) is 0 Å². The summed E-state index contributed by atoms with van der Waals surface area (Å²) in [5.74, 6) is 0. The number of sulfonamides is 1. The van der Waals surface area contributed by atoms with Crippen LogP contribution in [0, 0.1) is 0 Å². The lowest BCUT2D eigenvalue weighted by Gasteiger charge is -2.31. The molecule has 1 unspecified atom stereocenters. The Kier molecular flexibility index (Phi) is 6.06. The number of rotatable bonds is 7. The number of methoxy groups -OCH3 is 1. The van der Waals surface area contributed by atoms with Crippen molar-refractivity contribution in [3.8, 4) is 0 Å². The fourth-order valence-corrected chi connectivity index (χ4v) is 5.79. The third-order valence-corrected chi connectivity index (χ3v) is 6.99. The molecule has 0 spiro atoms. The largest absolute Gasteiger partial charge is 0.385 e. The van der Waals surface area contributed by atoms with Gasteiger partial charge in [-0.15, -0.1) is 11.3 Å². The van der Waals surface area contributed by atoms with Crippen molar-refractivity contribution in [2.24, 2.45) is 5.14 Å². The minimum absolute atomic E-state index is 0.139. The lowest BCUT2D eigenvalue weighted by atomic mass is 10.1. The van der Waals surface area contributed by atoms with Crippen LogP contribution in [0.15, 0.2) is 14.5 Å². The molecule has 0 aliphatic carbocycles. The third kappa shape index (κ3) is 4.41. The van der Waals surface area contributed by atoms with Crippen molar-refractivity contribution in [2.75, 3.05) is 33.4 Å². The standard InChI is InChI=1S/C12H21N3O3S3/c1-3-14-10-8-15(5-4-6-18-2)20-12-9(10)7-11(19-12)21(13,16)17/h7,10,14H,3-6,8H2,1-2H3,(H2,13,16,17). The highest BCUT2D eigenvalue weighted by Crippen LogP contribution is 2.43. The number of primary sulfonamides is 1. The molecule has 1 aromatic rings. The van der Waals surface area contributed by atoms with Crippen molar-refractivity contribution >= 4 is 33.3 Å². The van der Waals surface area contributed by atoms with Crippen LogP contribution in [0.5, 0.6) is 0 Å². The molecule has 0 saturated heterocycles. The van der Waals surface area contributed by atoms with Gasteiger partial charge in [0.2, 0.25) is 10.0 Å². The molecule has 0 aromatic carbocycles. The minimum Gasteiger partial charge on any atom is -0.385 e. The summed E-state index contributed by atoms with van der Waals surface area (Å²) in [6, 6.07) is 1.85. The van der Waals surface area contributed by atoms with Gasteiger partial charge in [0.1, 0.15) is 4.21 Å². The van der Waals surface area contributed by atoms with Crippen LogP contribution in [0.25, 0.3) is 0 Å². The average Bonchev–Trinajstić information content (AvgIpc) is 2.83. The highest BCUT2D eigenvalue weighted by molar-refractivity contribution is 7.99. The molecule has 0 saturated carbocycles.